The van der Waals surface area contributed by atoms with Gasteiger partial charge in [-0.1, -0.05) is 48.5 Å². The van der Waals surface area contributed by atoms with Crippen LogP contribution < -0.4 is 4.74 Å². The van der Waals surface area contributed by atoms with Crippen LogP contribution in [0, 0.1) is 0 Å². The minimum absolute atomic E-state index is 0.325. The molecule has 0 amide bonds. The van der Waals surface area contributed by atoms with Gasteiger partial charge in [-0.25, -0.2) is 4.98 Å². The molecule has 4 rings (SSSR count). The van der Waals surface area contributed by atoms with Crippen molar-refractivity contribution in [2.45, 2.75) is 13.3 Å². The minimum atomic E-state index is -0.325. The Morgan fingerprint density at radius 2 is 1.77 bits per heavy atom. The van der Waals surface area contributed by atoms with Gasteiger partial charge in [0, 0.05) is 18.9 Å². The molecule has 4 heteroatoms. The van der Waals surface area contributed by atoms with Crippen LogP contribution in [0.1, 0.15) is 18.4 Å². The molecule has 0 atom stereocenters. The Balaban J connectivity index is 1.59. The molecule has 1 heterocycles. The van der Waals surface area contributed by atoms with Gasteiger partial charge in [0.25, 0.3) is 0 Å². The quantitative estimate of drug-likeness (QED) is 0.386. The number of nitrogens with zero attached hydrogens (tertiary/aromatic N) is 1. The SMILES string of the molecule is CC(=O)Oc1ccc2cc(-c3cnc(Cc4ccccc4)o3)ccc2c1. The van der Waals surface area contributed by atoms with E-state index in [1.807, 2.05) is 48.5 Å². The molecule has 0 fully saturated rings. The lowest BCUT2D eigenvalue weighted by Crippen LogP contribution is -2.00. The lowest BCUT2D eigenvalue weighted by Gasteiger charge is -2.05. The third-order valence-corrected chi connectivity index (χ3v) is 4.11. The number of carbonyl (C=O) groups excluding carboxylic acids is 1. The number of hydrogen-bond acceptors (Lipinski definition) is 4. The lowest BCUT2D eigenvalue weighted by molar-refractivity contribution is -0.131. The van der Waals surface area contributed by atoms with E-state index < -0.39 is 0 Å². The summed E-state index contributed by atoms with van der Waals surface area (Å²) in [5.41, 5.74) is 2.13. The van der Waals surface area contributed by atoms with Crippen LogP contribution in [-0.2, 0) is 11.2 Å². The summed E-state index contributed by atoms with van der Waals surface area (Å²) in [6.45, 7) is 1.39. The van der Waals surface area contributed by atoms with Crippen molar-refractivity contribution in [1.29, 1.82) is 0 Å². The molecule has 0 radical (unpaired) electrons. The largest absolute Gasteiger partial charge is 0.440 e. The molecule has 0 aliphatic carbocycles. The van der Waals surface area contributed by atoms with Gasteiger partial charge in [-0.05, 0) is 34.5 Å². The summed E-state index contributed by atoms with van der Waals surface area (Å²) in [6.07, 6.45) is 2.42. The van der Waals surface area contributed by atoms with Crippen molar-refractivity contribution in [3.05, 3.63) is 84.4 Å². The third kappa shape index (κ3) is 3.49. The van der Waals surface area contributed by atoms with E-state index in [2.05, 4.69) is 17.1 Å². The highest BCUT2D eigenvalue weighted by atomic mass is 16.5. The topological polar surface area (TPSA) is 52.3 Å². The molecule has 1 aromatic heterocycles. The van der Waals surface area contributed by atoms with Crippen molar-refractivity contribution < 1.29 is 13.9 Å². The minimum Gasteiger partial charge on any atom is -0.440 e. The third-order valence-electron chi connectivity index (χ3n) is 4.11. The molecule has 0 spiro atoms. The van der Waals surface area contributed by atoms with Gasteiger partial charge < -0.3 is 9.15 Å². The monoisotopic (exact) mass is 343 g/mol. The maximum Gasteiger partial charge on any atom is 0.308 e. The molecule has 0 saturated heterocycles. The van der Waals surface area contributed by atoms with Crippen LogP contribution in [-0.4, -0.2) is 11.0 Å². The molecule has 0 saturated carbocycles. The summed E-state index contributed by atoms with van der Waals surface area (Å²) < 4.78 is 11.0. The van der Waals surface area contributed by atoms with Gasteiger partial charge in [-0.15, -0.1) is 0 Å². The van der Waals surface area contributed by atoms with E-state index in [-0.39, 0.29) is 5.97 Å². The van der Waals surface area contributed by atoms with Gasteiger partial charge in [-0.2, -0.15) is 0 Å². The Morgan fingerprint density at radius 3 is 2.58 bits per heavy atom. The van der Waals surface area contributed by atoms with E-state index in [4.69, 9.17) is 9.15 Å². The van der Waals surface area contributed by atoms with Crippen molar-refractivity contribution in [2.24, 2.45) is 0 Å². The molecular formula is C22H17NO3. The Kier molecular flexibility index (Phi) is 4.23. The zero-order valence-corrected chi connectivity index (χ0v) is 14.3. The van der Waals surface area contributed by atoms with Gasteiger partial charge in [0.1, 0.15) is 5.75 Å². The Hall–Kier alpha value is -3.40. The van der Waals surface area contributed by atoms with Crippen molar-refractivity contribution in [1.82, 2.24) is 4.98 Å². The van der Waals surface area contributed by atoms with Crippen molar-refractivity contribution in [3.63, 3.8) is 0 Å². The summed E-state index contributed by atoms with van der Waals surface area (Å²) in [6, 6.07) is 21.7. The number of rotatable bonds is 4. The molecule has 0 bridgehead atoms. The molecule has 3 aromatic carbocycles. The van der Waals surface area contributed by atoms with Crippen LogP contribution >= 0.6 is 0 Å². The molecule has 26 heavy (non-hydrogen) atoms. The first-order chi connectivity index (χ1) is 12.7. The van der Waals surface area contributed by atoms with Crippen LogP contribution in [0.15, 0.2) is 77.3 Å². The predicted octanol–water partition coefficient (Wildman–Crippen LogP) is 5.01. The summed E-state index contributed by atoms with van der Waals surface area (Å²) in [7, 11) is 0. The van der Waals surface area contributed by atoms with Crippen molar-refractivity contribution >= 4 is 16.7 Å². The highest BCUT2D eigenvalue weighted by molar-refractivity contribution is 5.88. The first kappa shape index (κ1) is 16.1. The second kappa shape index (κ2) is 6.84. The number of ether oxygens (including phenoxy) is 1. The summed E-state index contributed by atoms with van der Waals surface area (Å²) >= 11 is 0. The first-order valence-electron chi connectivity index (χ1n) is 8.38. The Morgan fingerprint density at radius 1 is 1.00 bits per heavy atom. The van der Waals surface area contributed by atoms with Crippen LogP contribution in [0.25, 0.3) is 22.1 Å². The van der Waals surface area contributed by atoms with E-state index in [1.54, 1.807) is 12.3 Å². The van der Waals surface area contributed by atoms with Crippen LogP contribution in [0.3, 0.4) is 0 Å². The van der Waals surface area contributed by atoms with Crippen molar-refractivity contribution in [3.8, 4) is 17.1 Å². The highest BCUT2D eigenvalue weighted by Crippen LogP contribution is 2.28. The zero-order chi connectivity index (χ0) is 17.9. The molecule has 4 nitrogen and oxygen atoms in total. The van der Waals surface area contributed by atoms with Gasteiger partial charge in [-0.3, -0.25) is 4.79 Å². The second-order valence-electron chi connectivity index (χ2n) is 6.10. The summed E-state index contributed by atoms with van der Waals surface area (Å²) in [5, 5.41) is 2.04. The average molecular weight is 343 g/mol. The van der Waals surface area contributed by atoms with Gasteiger partial charge in [0.15, 0.2) is 11.7 Å². The smallest absolute Gasteiger partial charge is 0.308 e. The number of fused-ring (bicyclic) bond motifs is 1. The van der Waals surface area contributed by atoms with E-state index >= 15 is 0 Å². The second-order valence-corrected chi connectivity index (χ2v) is 6.10. The maximum absolute atomic E-state index is 11.1. The number of benzene rings is 3. The average Bonchev–Trinajstić information content (AvgIpc) is 3.10. The Labute approximate surface area is 151 Å². The van der Waals surface area contributed by atoms with Gasteiger partial charge >= 0.3 is 5.97 Å². The normalized spacial score (nSPS) is 10.8. The predicted molar refractivity (Wildman–Crippen MR) is 100 cm³/mol. The fourth-order valence-electron chi connectivity index (χ4n) is 2.90. The van der Waals surface area contributed by atoms with Crippen LogP contribution in [0.4, 0.5) is 0 Å². The zero-order valence-electron chi connectivity index (χ0n) is 14.3. The number of oxazole rings is 1. The Bertz CT molecular complexity index is 1070. The molecule has 0 unspecified atom stereocenters. The van der Waals surface area contributed by atoms with E-state index in [0.717, 1.165) is 27.7 Å². The van der Waals surface area contributed by atoms with Gasteiger partial charge in [0.05, 0.1) is 6.20 Å². The molecule has 0 aliphatic heterocycles. The summed E-state index contributed by atoms with van der Waals surface area (Å²) in [4.78, 5) is 15.5. The summed E-state index contributed by atoms with van der Waals surface area (Å²) in [5.74, 6) is 1.65. The number of aromatic nitrogens is 1. The number of carbonyl (C=O) groups is 1. The van der Waals surface area contributed by atoms with Crippen LogP contribution in [0.5, 0.6) is 5.75 Å². The molecule has 4 aromatic rings. The standard InChI is InChI=1S/C22H17NO3/c1-15(24)25-20-10-9-17-12-19(8-7-18(17)13-20)21-14-23-22(26-21)11-16-5-3-2-4-6-16/h2-10,12-14H,11H2,1H3. The van der Waals surface area contributed by atoms with E-state index in [0.29, 0.717) is 18.1 Å². The van der Waals surface area contributed by atoms with Crippen molar-refractivity contribution in [2.75, 3.05) is 0 Å². The van der Waals surface area contributed by atoms with Gasteiger partial charge in [0.2, 0.25) is 0 Å². The first-order valence-corrected chi connectivity index (χ1v) is 8.38. The maximum atomic E-state index is 11.1. The molecule has 0 N–H and O–H groups in total. The molecular weight excluding hydrogens is 326 g/mol. The van der Waals surface area contributed by atoms with Crippen LogP contribution in [0.2, 0.25) is 0 Å². The van der Waals surface area contributed by atoms with E-state index in [9.17, 15) is 4.79 Å². The fraction of sp³-hybridized carbons (Fsp3) is 0.0909. The van der Waals surface area contributed by atoms with E-state index in [1.165, 1.54) is 6.92 Å². The molecule has 0 aliphatic rings. The lowest BCUT2D eigenvalue weighted by atomic mass is 10.1. The number of esters is 1. The number of hydrogen-bond donors (Lipinski definition) is 0. The highest BCUT2D eigenvalue weighted by Gasteiger charge is 2.09. The fourth-order valence-corrected chi connectivity index (χ4v) is 2.90. The molecule has 128 valence electrons.